The molecule has 2 aromatic heterocycles. The fourth-order valence-electron chi connectivity index (χ4n) is 4.62. The lowest BCUT2D eigenvalue weighted by Gasteiger charge is -2.33. The zero-order valence-corrected chi connectivity index (χ0v) is 20.8. The molecule has 2 aromatic rings. The van der Waals surface area contributed by atoms with E-state index in [1.165, 1.54) is 37.6 Å². The van der Waals surface area contributed by atoms with Crippen molar-refractivity contribution < 1.29 is 13.2 Å². The number of anilines is 3. The van der Waals surface area contributed by atoms with Gasteiger partial charge in [-0.15, -0.1) is 0 Å². The molecule has 1 unspecified atom stereocenters. The van der Waals surface area contributed by atoms with Crippen LogP contribution in [0.2, 0.25) is 0 Å². The topological polar surface area (TPSA) is 66.0 Å². The number of hydrogen-bond acceptors (Lipinski definition) is 7. The zero-order valence-electron chi connectivity index (χ0n) is 20.0. The van der Waals surface area contributed by atoms with Crippen molar-refractivity contribution in [3.63, 3.8) is 0 Å². The lowest BCUT2D eigenvalue weighted by Crippen LogP contribution is -2.36. The molecule has 0 radical (unpaired) electrons. The van der Waals surface area contributed by atoms with Crippen molar-refractivity contribution in [2.75, 3.05) is 23.3 Å². The summed E-state index contributed by atoms with van der Waals surface area (Å²) >= 11 is 1.53. The van der Waals surface area contributed by atoms with Gasteiger partial charge < -0.3 is 10.2 Å². The van der Waals surface area contributed by atoms with Gasteiger partial charge in [0.1, 0.15) is 16.4 Å². The molecule has 2 fully saturated rings. The first-order valence-electron chi connectivity index (χ1n) is 12.0. The summed E-state index contributed by atoms with van der Waals surface area (Å²) in [4.78, 5) is 14.6. The fraction of sp³-hybridized carbons (Fsp3) is 0.625. The highest BCUT2D eigenvalue weighted by atomic mass is 32.2. The zero-order chi connectivity index (χ0) is 24.3. The van der Waals surface area contributed by atoms with Crippen molar-refractivity contribution in [2.45, 2.75) is 76.5 Å². The van der Waals surface area contributed by atoms with Crippen LogP contribution in [0.3, 0.4) is 0 Å². The fourth-order valence-corrected chi connectivity index (χ4v) is 5.47. The number of alkyl halides is 3. The van der Waals surface area contributed by atoms with E-state index >= 15 is 0 Å². The summed E-state index contributed by atoms with van der Waals surface area (Å²) in [5.41, 5.74) is 0.617. The first kappa shape index (κ1) is 25.0. The van der Waals surface area contributed by atoms with Gasteiger partial charge in [0.2, 0.25) is 5.95 Å². The molecule has 10 heteroatoms. The Kier molecular flexibility index (Phi) is 7.87. The van der Waals surface area contributed by atoms with Gasteiger partial charge in [0.05, 0.1) is 11.4 Å². The van der Waals surface area contributed by atoms with Gasteiger partial charge in [0.15, 0.2) is 0 Å². The molecular weight excluding hydrogens is 461 g/mol. The van der Waals surface area contributed by atoms with Crippen LogP contribution in [-0.2, 0) is 6.18 Å². The normalized spacial score (nSPS) is 23.7. The Labute approximate surface area is 203 Å². The molecule has 3 heterocycles. The van der Waals surface area contributed by atoms with Crippen LogP contribution in [0.25, 0.3) is 0 Å². The number of aryl methyl sites for hydroxylation is 1. The Morgan fingerprint density at radius 3 is 2.47 bits per heavy atom. The third-order valence-corrected chi connectivity index (χ3v) is 7.57. The molecule has 1 saturated heterocycles. The van der Waals surface area contributed by atoms with E-state index in [0.29, 0.717) is 30.7 Å². The van der Waals surface area contributed by atoms with E-state index in [0.717, 1.165) is 35.7 Å². The molecule has 2 N–H and O–H groups in total. The first-order chi connectivity index (χ1) is 16.2. The van der Waals surface area contributed by atoms with Crippen molar-refractivity contribution in [1.29, 1.82) is 0 Å². The smallest absolute Gasteiger partial charge is 0.356 e. The summed E-state index contributed by atoms with van der Waals surface area (Å²) in [7, 11) is 0. The Bertz CT molecular complexity index is 978. The van der Waals surface area contributed by atoms with Crippen LogP contribution < -0.4 is 14.9 Å². The highest BCUT2D eigenvalue weighted by Crippen LogP contribution is 2.37. The van der Waals surface area contributed by atoms with Crippen LogP contribution in [0.1, 0.15) is 63.6 Å². The minimum Gasteiger partial charge on any atom is -0.356 e. The number of pyridine rings is 1. The molecular formula is C24H33F3N6S. The third kappa shape index (κ3) is 6.33. The standard InChI is InChI=1S/C24H33F3N6S/c1-15-6-8-18(9-7-15)32-34-21-11-10-20(17(3)29-21)30-23-28-13-19(24(25,26)27)22(31-23)33-12-4-5-16(2)14-33/h10-11,13,15-16,18,32H,4-9,12,14H2,1-3H3,(H,28,30,31). The van der Waals surface area contributed by atoms with Gasteiger partial charge in [-0.25, -0.2) is 9.97 Å². The van der Waals surface area contributed by atoms with Crippen LogP contribution in [0, 0.1) is 18.8 Å². The van der Waals surface area contributed by atoms with Crippen molar-refractivity contribution in [1.82, 2.24) is 19.7 Å². The Hall–Kier alpha value is -2.07. The quantitative estimate of drug-likeness (QED) is 0.453. The highest BCUT2D eigenvalue weighted by Gasteiger charge is 2.37. The van der Waals surface area contributed by atoms with Crippen molar-refractivity contribution in [3.8, 4) is 0 Å². The maximum atomic E-state index is 13.6. The summed E-state index contributed by atoms with van der Waals surface area (Å²) in [5.74, 6) is 1.21. The molecule has 1 saturated carbocycles. The largest absolute Gasteiger partial charge is 0.421 e. The number of aromatic nitrogens is 3. The molecule has 186 valence electrons. The van der Waals surface area contributed by atoms with Crippen LogP contribution >= 0.6 is 11.9 Å². The lowest BCUT2D eigenvalue weighted by atomic mass is 9.88. The average molecular weight is 495 g/mol. The highest BCUT2D eigenvalue weighted by molar-refractivity contribution is 7.97. The molecule has 0 amide bonds. The minimum absolute atomic E-state index is 0.0552. The second-order valence-electron chi connectivity index (χ2n) is 9.71. The maximum Gasteiger partial charge on any atom is 0.421 e. The first-order valence-corrected chi connectivity index (χ1v) is 12.9. The monoisotopic (exact) mass is 494 g/mol. The summed E-state index contributed by atoms with van der Waals surface area (Å²) in [5, 5.41) is 3.93. The van der Waals surface area contributed by atoms with E-state index in [-0.39, 0.29) is 11.8 Å². The number of nitrogens with one attached hydrogen (secondary N) is 2. The maximum absolute atomic E-state index is 13.6. The van der Waals surface area contributed by atoms with Crippen LogP contribution in [0.5, 0.6) is 0 Å². The summed E-state index contributed by atoms with van der Waals surface area (Å²) in [6.07, 6.45) is 3.09. The van der Waals surface area contributed by atoms with Crippen LogP contribution in [-0.4, -0.2) is 34.1 Å². The average Bonchev–Trinajstić information content (AvgIpc) is 2.79. The van der Waals surface area contributed by atoms with Gasteiger partial charge in [0, 0.05) is 25.3 Å². The van der Waals surface area contributed by atoms with Gasteiger partial charge in [0.25, 0.3) is 0 Å². The van der Waals surface area contributed by atoms with Gasteiger partial charge in [-0.2, -0.15) is 18.2 Å². The Morgan fingerprint density at radius 2 is 1.79 bits per heavy atom. The van der Waals surface area contributed by atoms with E-state index in [9.17, 15) is 13.2 Å². The van der Waals surface area contributed by atoms with Crippen molar-refractivity contribution in [3.05, 3.63) is 29.6 Å². The predicted octanol–water partition coefficient (Wildman–Crippen LogP) is 6.35. The molecule has 4 rings (SSSR count). The Morgan fingerprint density at radius 1 is 1.03 bits per heavy atom. The molecule has 6 nitrogen and oxygen atoms in total. The lowest BCUT2D eigenvalue weighted by molar-refractivity contribution is -0.137. The number of rotatable bonds is 6. The van der Waals surface area contributed by atoms with E-state index in [4.69, 9.17) is 0 Å². The van der Waals surface area contributed by atoms with E-state index < -0.39 is 11.7 Å². The molecule has 0 aromatic carbocycles. The number of piperidine rings is 1. The molecule has 1 atom stereocenters. The van der Waals surface area contributed by atoms with Crippen molar-refractivity contribution in [2.24, 2.45) is 11.8 Å². The molecule has 0 bridgehead atoms. The van der Waals surface area contributed by atoms with Gasteiger partial charge in [-0.05, 0) is 81.4 Å². The second-order valence-corrected chi connectivity index (χ2v) is 10.6. The van der Waals surface area contributed by atoms with E-state index in [1.807, 2.05) is 19.1 Å². The molecule has 0 spiro atoms. The van der Waals surface area contributed by atoms with Crippen molar-refractivity contribution >= 4 is 29.4 Å². The second kappa shape index (κ2) is 10.7. The predicted molar refractivity (Wildman–Crippen MR) is 130 cm³/mol. The van der Waals surface area contributed by atoms with Crippen LogP contribution in [0.15, 0.2) is 23.4 Å². The van der Waals surface area contributed by atoms with Gasteiger partial charge in [-0.1, -0.05) is 13.8 Å². The van der Waals surface area contributed by atoms with Crippen LogP contribution in [0.4, 0.5) is 30.6 Å². The Balaban J connectivity index is 1.47. The summed E-state index contributed by atoms with van der Waals surface area (Å²) in [6, 6.07) is 4.27. The van der Waals surface area contributed by atoms with Gasteiger partial charge >= 0.3 is 6.18 Å². The van der Waals surface area contributed by atoms with E-state index in [2.05, 4.69) is 38.8 Å². The third-order valence-electron chi connectivity index (χ3n) is 6.68. The summed E-state index contributed by atoms with van der Waals surface area (Å²) in [6.45, 7) is 7.34. The molecule has 1 aliphatic carbocycles. The minimum atomic E-state index is -4.51. The number of nitrogens with zero attached hydrogens (tertiary/aromatic N) is 4. The number of hydrogen-bond donors (Lipinski definition) is 2. The summed E-state index contributed by atoms with van der Waals surface area (Å²) < 4.78 is 44.5. The van der Waals surface area contributed by atoms with E-state index in [1.54, 1.807) is 4.90 Å². The number of halogens is 3. The molecule has 34 heavy (non-hydrogen) atoms. The van der Waals surface area contributed by atoms with Gasteiger partial charge in [-0.3, -0.25) is 4.72 Å². The molecule has 2 aliphatic rings. The SMILES string of the molecule is Cc1nc(SNC2CCC(C)CC2)ccc1Nc1ncc(C(F)(F)F)c(N2CCCC(C)C2)n1. The molecule has 1 aliphatic heterocycles.